The molecule has 0 saturated carbocycles. The van der Waals surface area contributed by atoms with Gasteiger partial charge in [-0.25, -0.2) is 0 Å². The highest BCUT2D eigenvalue weighted by atomic mass is 79.9. The molecule has 0 bridgehead atoms. The van der Waals surface area contributed by atoms with Crippen LogP contribution < -0.4 is 0 Å². The van der Waals surface area contributed by atoms with Crippen LogP contribution in [0.3, 0.4) is 0 Å². The summed E-state index contributed by atoms with van der Waals surface area (Å²) in [5.74, 6) is 0.791. The van der Waals surface area contributed by atoms with E-state index in [1.165, 1.54) is 36.8 Å². The fraction of sp³-hybridized carbons (Fsp3) is 0.333. The molecule has 0 aliphatic heterocycles. The van der Waals surface area contributed by atoms with Crippen molar-refractivity contribution in [1.29, 1.82) is 0 Å². The Morgan fingerprint density at radius 2 is 1.83 bits per heavy atom. The minimum atomic E-state index is -0.205. The van der Waals surface area contributed by atoms with Crippen molar-refractivity contribution in [3.05, 3.63) is 57.5 Å². The van der Waals surface area contributed by atoms with E-state index in [9.17, 15) is 0 Å². The Bertz CT molecular complexity index is 561. The Morgan fingerprint density at radius 3 is 2.56 bits per heavy atom. The van der Waals surface area contributed by atoms with E-state index in [0.29, 0.717) is 0 Å². The van der Waals surface area contributed by atoms with Crippen molar-refractivity contribution in [3.8, 4) is 0 Å². The lowest BCUT2D eigenvalue weighted by molar-refractivity contribution is 0.494. The highest BCUT2D eigenvalue weighted by Crippen LogP contribution is 2.33. The first-order valence-corrected chi connectivity index (χ1v) is 7.48. The molecule has 0 spiro atoms. The van der Waals surface area contributed by atoms with Crippen LogP contribution in [0, 0.1) is 0 Å². The molecule has 94 valence electrons. The van der Waals surface area contributed by atoms with Gasteiger partial charge in [-0.2, -0.15) is 0 Å². The molecule has 1 atom stereocenters. The summed E-state index contributed by atoms with van der Waals surface area (Å²) >= 11 is 9.78. The maximum absolute atomic E-state index is 6.47. The summed E-state index contributed by atoms with van der Waals surface area (Å²) in [5.41, 5.74) is 4.06. The molecule has 0 N–H and O–H groups in total. The molecule has 0 fully saturated rings. The number of aryl methyl sites for hydroxylation is 2. The molecule has 0 radical (unpaired) electrons. The van der Waals surface area contributed by atoms with Gasteiger partial charge in [0.05, 0.1) is 0 Å². The van der Waals surface area contributed by atoms with Crippen molar-refractivity contribution < 1.29 is 4.42 Å². The van der Waals surface area contributed by atoms with Crippen LogP contribution in [0.1, 0.15) is 40.7 Å². The van der Waals surface area contributed by atoms with E-state index in [1.54, 1.807) is 0 Å². The Labute approximate surface area is 120 Å². The normalized spacial score (nSPS) is 16.3. The van der Waals surface area contributed by atoms with Crippen LogP contribution in [-0.2, 0) is 12.8 Å². The molecule has 1 nitrogen and oxygen atoms in total. The maximum atomic E-state index is 6.47. The molecule has 2 aromatic rings. The standard InChI is InChI=1S/C15H14BrClO/c16-14-8-7-13(18-14)15(17)12-6-5-10-3-1-2-4-11(10)9-12/h5-9,15H,1-4H2. The van der Waals surface area contributed by atoms with E-state index >= 15 is 0 Å². The predicted octanol–water partition coefficient (Wildman–Crippen LogP) is 5.25. The number of furan rings is 1. The highest BCUT2D eigenvalue weighted by molar-refractivity contribution is 9.10. The van der Waals surface area contributed by atoms with Gasteiger partial charge in [-0.3, -0.25) is 0 Å². The van der Waals surface area contributed by atoms with E-state index in [4.69, 9.17) is 16.0 Å². The number of fused-ring (bicyclic) bond motifs is 1. The molecule has 3 rings (SSSR count). The van der Waals surface area contributed by atoms with Gasteiger partial charge in [-0.05, 0) is 70.4 Å². The molecule has 1 heterocycles. The first kappa shape index (κ1) is 12.3. The molecule has 3 heteroatoms. The van der Waals surface area contributed by atoms with E-state index in [1.807, 2.05) is 12.1 Å². The molecule has 1 aliphatic rings. The third-order valence-corrected chi connectivity index (χ3v) is 4.40. The van der Waals surface area contributed by atoms with Crippen molar-refractivity contribution >= 4 is 27.5 Å². The monoisotopic (exact) mass is 324 g/mol. The Balaban J connectivity index is 1.92. The van der Waals surface area contributed by atoms with Gasteiger partial charge in [0, 0.05) is 0 Å². The van der Waals surface area contributed by atoms with Crippen LogP contribution >= 0.6 is 27.5 Å². The fourth-order valence-corrected chi connectivity index (χ4v) is 3.11. The van der Waals surface area contributed by atoms with Crippen molar-refractivity contribution in [3.63, 3.8) is 0 Å². The lowest BCUT2D eigenvalue weighted by atomic mass is 9.90. The SMILES string of the molecule is ClC(c1ccc2c(c1)CCCC2)c1ccc(Br)o1. The van der Waals surface area contributed by atoms with Gasteiger partial charge >= 0.3 is 0 Å². The molecule has 1 unspecified atom stereocenters. The van der Waals surface area contributed by atoms with Gasteiger partial charge in [-0.1, -0.05) is 18.2 Å². The fourth-order valence-electron chi connectivity index (χ4n) is 2.54. The number of hydrogen-bond acceptors (Lipinski definition) is 1. The summed E-state index contributed by atoms with van der Waals surface area (Å²) in [6, 6.07) is 10.4. The lowest BCUT2D eigenvalue weighted by Crippen LogP contribution is -2.04. The van der Waals surface area contributed by atoms with Crippen LogP contribution in [-0.4, -0.2) is 0 Å². The smallest absolute Gasteiger partial charge is 0.169 e. The molecule has 1 aliphatic carbocycles. The Morgan fingerprint density at radius 1 is 1.06 bits per heavy atom. The molecule has 18 heavy (non-hydrogen) atoms. The van der Waals surface area contributed by atoms with Crippen LogP contribution in [0.25, 0.3) is 0 Å². The van der Waals surface area contributed by atoms with Crippen LogP contribution in [0.2, 0.25) is 0 Å². The molecule has 1 aromatic heterocycles. The number of rotatable bonds is 2. The van der Waals surface area contributed by atoms with Crippen molar-refractivity contribution in [2.45, 2.75) is 31.1 Å². The number of benzene rings is 1. The number of hydrogen-bond donors (Lipinski definition) is 0. The van der Waals surface area contributed by atoms with Gasteiger partial charge < -0.3 is 4.42 Å². The van der Waals surface area contributed by atoms with Crippen LogP contribution in [0.15, 0.2) is 39.4 Å². The minimum Gasteiger partial charge on any atom is -0.452 e. The second-order valence-electron chi connectivity index (χ2n) is 4.74. The maximum Gasteiger partial charge on any atom is 0.169 e. The summed E-state index contributed by atoms with van der Waals surface area (Å²) in [6.45, 7) is 0. The molecular weight excluding hydrogens is 312 g/mol. The largest absolute Gasteiger partial charge is 0.452 e. The highest BCUT2D eigenvalue weighted by Gasteiger charge is 2.17. The van der Waals surface area contributed by atoms with Crippen LogP contribution in [0.4, 0.5) is 0 Å². The zero-order chi connectivity index (χ0) is 12.5. The third kappa shape index (κ3) is 2.36. The zero-order valence-corrected chi connectivity index (χ0v) is 12.3. The van der Waals surface area contributed by atoms with E-state index < -0.39 is 0 Å². The summed E-state index contributed by atoms with van der Waals surface area (Å²) in [5, 5.41) is -0.205. The average molecular weight is 326 g/mol. The first-order valence-electron chi connectivity index (χ1n) is 6.25. The van der Waals surface area contributed by atoms with E-state index in [-0.39, 0.29) is 5.38 Å². The second-order valence-corrected chi connectivity index (χ2v) is 5.96. The molecule has 0 saturated heterocycles. The summed E-state index contributed by atoms with van der Waals surface area (Å²) in [7, 11) is 0. The summed E-state index contributed by atoms with van der Waals surface area (Å²) in [4.78, 5) is 0. The Kier molecular flexibility index (Phi) is 3.49. The van der Waals surface area contributed by atoms with Gasteiger partial charge in [0.15, 0.2) is 4.67 Å². The third-order valence-electron chi connectivity index (χ3n) is 3.51. The predicted molar refractivity (Wildman–Crippen MR) is 77.2 cm³/mol. The van der Waals surface area contributed by atoms with E-state index in [0.717, 1.165) is 16.0 Å². The number of halogens is 2. The van der Waals surface area contributed by atoms with Crippen molar-refractivity contribution in [2.24, 2.45) is 0 Å². The topological polar surface area (TPSA) is 13.1 Å². The quantitative estimate of drug-likeness (QED) is 0.687. The number of alkyl halides is 1. The lowest BCUT2D eigenvalue weighted by Gasteiger charge is -2.17. The van der Waals surface area contributed by atoms with Gasteiger partial charge in [0.25, 0.3) is 0 Å². The first-order chi connectivity index (χ1) is 8.74. The van der Waals surface area contributed by atoms with Crippen molar-refractivity contribution in [1.82, 2.24) is 0 Å². The van der Waals surface area contributed by atoms with Gasteiger partial charge in [0.1, 0.15) is 11.1 Å². The zero-order valence-electron chi connectivity index (χ0n) is 9.96. The van der Waals surface area contributed by atoms with E-state index in [2.05, 4.69) is 34.1 Å². The Hall–Kier alpha value is -0.730. The summed E-state index contributed by atoms with van der Waals surface area (Å²) in [6.07, 6.45) is 4.97. The van der Waals surface area contributed by atoms with Crippen LogP contribution in [0.5, 0.6) is 0 Å². The second kappa shape index (κ2) is 5.10. The van der Waals surface area contributed by atoms with Crippen molar-refractivity contribution in [2.75, 3.05) is 0 Å². The molecule has 1 aromatic carbocycles. The van der Waals surface area contributed by atoms with Gasteiger partial charge in [-0.15, -0.1) is 11.6 Å². The molecule has 0 amide bonds. The summed E-state index contributed by atoms with van der Waals surface area (Å²) < 4.78 is 6.25. The minimum absolute atomic E-state index is 0.205. The molecular formula is C15H14BrClO. The van der Waals surface area contributed by atoms with Gasteiger partial charge in [0.2, 0.25) is 0 Å². The average Bonchev–Trinajstić information content (AvgIpc) is 2.84.